The molecular weight excluding hydrogens is 290 g/mol. The van der Waals surface area contributed by atoms with E-state index in [-0.39, 0.29) is 11.7 Å². The van der Waals surface area contributed by atoms with Crippen LogP contribution in [0.25, 0.3) is 0 Å². The maximum atomic E-state index is 12.2. The number of benzene rings is 1. The average Bonchev–Trinajstić information content (AvgIpc) is 2.96. The summed E-state index contributed by atoms with van der Waals surface area (Å²) < 4.78 is 11.2. The van der Waals surface area contributed by atoms with Gasteiger partial charge in [0.05, 0.1) is 18.1 Å². The van der Waals surface area contributed by atoms with Crippen molar-refractivity contribution in [2.24, 2.45) is 0 Å². The molecule has 2 saturated heterocycles. The molecule has 2 heterocycles. The summed E-state index contributed by atoms with van der Waals surface area (Å²) in [6, 6.07) is 5.62. The van der Waals surface area contributed by atoms with Crippen LogP contribution >= 0.6 is 0 Å². The lowest BCUT2D eigenvalue weighted by Crippen LogP contribution is -2.48. The number of carbonyl (C=O) groups is 1. The third-order valence-corrected chi connectivity index (χ3v) is 3.93. The largest absolute Gasteiger partial charge is 0.347 e. The standard InChI is InChI=1S/C14H17N3O5/c18-13(15-11-2-1-3-12(10-11)17(19)20)16-6-4-14(5-7-16)21-8-9-22-14/h1-3,10H,4-9H2,(H,15,18). The number of carbonyl (C=O) groups excluding carboxylic acids is 1. The number of nitrogens with one attached hydrogen (secondary N) is 1. The van der Waals surface area contributed by atoms with E-state index in [1.807, 2.05) is 0 Å². The van der Waals surface area contributed by atoms with Gasteiger partial charge in [0.2, 0.25) is 0 Å². The molecule has 1 N–H and O–H groups in total. The Balaban J connectivity index is 1.58. The second-order valence-corrected chi connectivity index (χ2v) is 5.33. The number of likely N-dealkylation sites (tertiary alicyclic amines) is 1. The summed E-state index contributed by atoms with van der Waals surface area (Å²) >= 11 is 0. The normalized spacial score (nSPS) is 20.1. The van der Waals surface area contributed by atoms with Gasteiger partial charge in [-0.25, -0.2) is 4.79 Å². The monoisotopic (exact) mass is 307 g/mol. The zero-order valence-electron chi connectivity index (χ0n) is 12.0. The first kappa shape index (κ1) is 14.7. The highest BCUT2D eigenvalue weighted by Crippen LogP contribution is 2.31. The number of amides is 2. The average molecular weight is 307 g/mol. The Morgan fingerprint density at radius 2 is 1.95 bits per heavy atom. The van der Waals surface area contributed by atoms with E-state index in [1.54, 1.807) is 17.0 Å². The van der Waals surface area contributed by atoms with E-state index in [4.69, 9.17) is 9.47 Å². The van der Waals surface area contributed by atoms with Crippen LogP contribution in [0.2, 0.25) is 0 Å². The fourth-order valence-corrected chi connectivity index (χ4v) is 2.74. The van der Waals surface area contributed by atoms with Crippen LogP contribution in [0, 0.1) is 10.1 Å². The number of nitrogens with zero attached hydrogens (tertiary/aromatic N) is 2. The molecule has 8 heteroatoms. The fourth-order valence-electron chi connectivity index (χ4n) is 2.74. The molecule has 22 heavy (non-hydrogen) atoms. The van der Waals surface area contributed by atoms with Crippen molar-refractivity contribution in [3.63, 3.8) is 0 Å². The van der Waals surface area contributed by atoms with Gasteiger partial charge in [0.25, 0.3) is 5.69 Å². The molecule has 0 saturated carbocycles. The highest BCUT2D eigenvalue weighted by Gasteiger charge is 2.40. The van der Waals surface area contributed by atoms with Crippen molar-refractivity contribution in [1.29, 1.82) is 0 Å². The molecule has 0 unspecified atom stereocenters. The zero-order valence-corrected chi connectivity index (χ0v) is 12.0. The number of hydrogen-bond donors (Lipinski definition) is 1. The van der Waals surface area contributed by atoms with Gasteiger partial charge in [-0.05, 0) is 6.07 Å². The number of rotatable bonds is 2. The molecule has 1 spiro atoms. The van der Waals surface area contributed by atoms with Crippen molar-refractivity contribution < 1.29 is 19.2 Å². The van der Waals surface area contributed by atoms with Gasteiger partial charge in [0, 0.05) is 43.8 Å². The number of nitro benzene ring substituents is 1. The summed E-state index contributed by atoms with van der Waals surface area (Å²) in [6.45, 7) is 2.25. The molecule has 2 amide bonds. The topological polar surface area (TPSA) is 93.9 Å². The van der Waals surface area contributed by atoms with Crippen molar-refractivity contribution in [3.05, 3.63) is 34.4 Å². The second kappa shape index (κ2) is 5.90. The van der Waals surface area contributed by atoms with Crippen LogP contribution in [0.1, 0.15) is 12.8 Å². The van der Waals surface area contributed by atoms with Crippen LogP contribution in [0.15, 0.2) is 24.3 Å². The summed E-state index contributed by atoms with van der Waals surface area (Å²) in [5.74, 6) is -0.525. The fraction of sp³-hybridized carbons (Fsp3) is 0.500. The lowest BCUT2D eigenvalue weighted by molar-refractivity contribution is -0.384. The van der Waals surface area contributed by atoms with E-state index in [0.717, 1.165) is 0 Å². The first-order valence-electron chi connectivity index (χ1n) is 7.16. The Labute approximate surface area is 127 Å². The lowest BCUT2D eigenvalue weighted by atomic mass is 10.0. The third-order valence-electron chi connectivity index (χ3n) is 3.93. The molecule has 0 aliphatic carbocycles. The van der Waals surface area contributed by atoms with Crippen molar-refractivity contribution >= 4 is 17.4 Å². The van der Waals surface area contributed by atoms with E-state index in [9.17, 15) is 14.9 Å². The van der Waals surface area contributed by atoms with Crippen molar-refractivity contribution in [1.82, 2.24) is 4.90 Å². The Kier molecular flexibility index (Phi) is 3.95. The number of urea groups is 1. The van der Waals surface area contributed by atoms with Gasteiger partial charge in [-0.2, -0.15) is 0 Å². The number of ether oxygens (including phenoxy) is 2. The van der Waals surface area contributed by atoms with Gasteiger partial charge in [0.15, 0.2) is 5.79 Å². The van der Waals surface area contributed by atoms with Gasteiger partial charge >= 0.3 is 6.03 Å². The van der Waals surface area contributed by atoms with Crippen molar-refractivity contribution in [3.8, 4) is 0 Å². The van der Waals surface area contributed by atoms with E-state index in [0.29, 0.717) is 44.8 Å². The molecule has 2 aliphatic heterocycles. The second-order valence-electron chi connectivity index (χ2n) is 5.33. The molecule has 2 aliphatic rings. The Morgan fingerprint density at radius 3 is 2.59 bits per heavy atom. The van der Waals surface area contributed by atoms with Crippen LogP contribution in [-0.4, -0.2) is 47.9 Å². The Hall–Kier alpha value is -2.19. The summed E-state index contributed by atoms with van der Waals surface area (Å²) in [6.07, 6.45) is 1.27. The van der Waals surface area contributed by atoms with Crippen LogP contribution in [0.5, 0.6) is 0 Å². The number of non-ortho nitro benzene ring substituents is 1. The third kappa shape index (κ3) is 3.02. The molecule has 0 atom stereocenters. The molecule has 2 fully saturated rings. The van der Waals surface area contributed by atoms with E-state index in [2.05, 4.69) is 5.32 Å². The first-order valence-corrected chi connectivity index (χ1v) is 7.16. The lowest BCUT2D eigenvalue weighted by Gasteiger charge is -2.37. The maximum absolute atomic E-state index is 12.2. The van der Waals surface area contributed by atoms with Gasteiger partial charge in [-0.15, -0.1) is 0 Å². The van der Waals surface area contributed by atoms with E-state index < -0.39 is 10.7 Å². The first-order chi connectivity index (χ1) is 10.6. The summed E-state index contributed by atoms with van der Waals surface area (Å²) in [5, 5.41) is 13.4. The molecule has 3 rings (SSSR count). The van der Waals surface area contributed by atoms with Crippen LogP contribution in [0.3, 0.4) is 0 Å². The number of piperidine rings is 1. The summed E-state index contributed by atoms with van der Waals surface area (Å²) in [4.78, 5) is 24.1. The molecule has 0 aromatic heterocycles. The van der Waals surface area contributed by atoms with Crippen molar-refractivity contribution in [2.45, 2.75) is 18.6 Å². The quantitative estimate of drug-likeness (QED) is 0.666. The molecule has 118 valence electrons. The predicted molar refractivity (Wildman–Crippen MR) is 77.6 cm³/mol. The molecular formula is C14H17N3O5. The highest BCUT2D eigenvalue weighted by atomic mass is 16.7. The van der Waals surface area contributed by atoms with Gasteiger partial charge in [0.1, 0.15) is 0 Å². The minimum absolute atomic E-state index is 0.0526. The summed E-state index contributed by atoms with van der Waals surface area (Å²) in [5.41, 5.74) is 0.357. The molecule has 1 aromatic carbocycles. The van der Waals surface area contributed by atoms with Crippen LogP contribution < -0.4 is 5.32 Å². The smallest absolute Gasteiger partial charge is 0.321 e. The zero-order chi connectivity index (χ0) is 15.6. The predicted octanol–water partition coefficient (Wildman–Crippen LogP) is 1.97. The van der Waals surface area contributed by atoms with Gasteiger partial charge in [-0.1, -0.05) is 6.07 Å². The minimum atomic E-state index is -0.525. The number of hydrogen-bond acceptors (Lipinski definition) is 5. The molecule has 1 aromatic rings. The summed E-state index contributed by atoms with van der Waals surface area (Å²) in [7, 11) is 0. The Bertz CT molecular complexity index is 576. The SMILES string of the molecule is O=C(Nc1cccc([N+](=O)[O-])c1)N1CCC2(CC1)OCCO2. The van der Waals surface area contributed by atoms with E-state index >= 15 is 0 Å². The Morgan fingerprint density at radius 1 is 1.27 bits per heavy atom. The van der Waals surface area contributed by atoms with Crippen LogP contribution in [-0.2, 0) is 9.47 Å². The minimum Gasteiger partial charge on any atom is -0.347 e. The molecule has 0 bridgehead atoms. The number of anilines is 1. The van der Waals surface area contributed by atoms with Gasteiger partial charge < -0.3 is 19.7 Å². The number of nitro groups is 1. The van der Waals surface area contributed by atoms with Crippen molar-refractivity contribution in [2.75, 3.05) is 31.6 Å². The van der Waals surface area contributed by atoms with Gasteiger partial charge in [-0.3, -0.25) is 10.1 Å². The highest BCUT2D eigenvalue weighted by molar-refractivity contribution is 5.89. The molecule has 0 radical (unpaired) electrons. The molecule has 8 nitrogen and oxygen atoms in total. The van der Waals surface area contributed by atoms with Crippen LogP contribution in [0.4, 0.5) is 16.2 Å². The van der Waals surface area contributed by atoms with E-state index in [1.165, 1.54) is 12.1 Å². The maximum Gasteiger partial charge on any atom is 0.321 e.